The van der Waals surface area contributed by atoms with Crippen molar-refractivity contribution in [1.82, 2.24) is 10.6 Å². The summed E-state index contributed by atoms with van der Waals surface area (Å²) in [6.07, 6.45) is -0.0957. The molecule has 1 aromatic carbocycles. The number of carbonyl (C=O) groups is 4. The van der Waals surface area contributed by atoms with E-state index < -0.39 is 24.5 Å². The fourth-order valence-electron chi connectivity index (χ4n) is 2.70. The van der Waals surface area contributed by atoms with Crippen molar-refractivity contribution < 1.29 is 23.9 Å². The Morgan fingerprint density at radius 3 is 2.45 bits per heavy atom. The zero-order chi connectivity index (χ0) is 22.8. The standard InChI is InChI=1S/C22H27N3O5S/c1-14(2)12-23-22(29)16-7-4-5-8-17(16)25-20(27)13-30-21(28)11-18(24-15(3)26)19-9-6-10-31-19/h4-10,14,18H,11-13H2,1-3H3,(H,23,29)(H,24,26)(H,25,27). The first kappa shape index (κ1) is 24.1. The van der Waals surface area contributed by atoms with E-state index in [4.69, 9.17) is 4.74 Å². The Labute approximate surface area is 185 Å². The Hall–Kier alpha value is -3.20. The predicted octanol–water partition coefficient (Wildman–Crippen LogP) is 2.88. The second-order valence-corrected chi connectivity index (χ2v) is 8.31. The molecule has 0 saturated heterocycles. The lowest BCUT2D eigenvalue weighted by Gasteiger charge is -2.16. The van der Waals surface area contributed by atoms with Crippen molar-refractivity contribution in [3.8, 4) is 0 Å². The van der Waals surface area contributed by atoms with E-state index in [1.165, 1.54) is 18.3 Å². The Kier molecular flexibility index (Phi) is 9.20. The molecule has 8 nitrogen and oxygen atoms in total. The molecule has 0 aliphatic heterocycles. The highest BCUT2D eigenvalue weighted by molar-refractivity contribution is 7.10. The van der Waals surface area contributed by atoms with E-state index in [0.717, 1.165) is 4.88 Å². The van der Waals surface area contributed by atoms with E-state index in [9.17, 15) is 19.2 Å². The third kappa shape index (κ3) is 8.21. The summed E-state index contributed by atoms with van der Waals surface area (Å²) in [4.78, 5) is 49.1. The van der Waals surface area contributed by atoms with E-state index in [-0.39, 0.29) is 18.2 Å². The van der Waals surface area contributed by atoms with Crippen LogP contribution in [0.2, 0.25) is 0 Å². The van der Waals surface area contributed by atoms with Gasteiger partial charge in [-0.1, -0.05) is 32.0 Å². The minimum absolute atomic E-state index is 0.0957. The third-order valence-electron chi connectivity index (χ3n) is 4.12. The molecule has 0 radical (unpaired) electrons. The van der Waals surface area contributed by atoms with Crippen molar-refractivity contribution in [1.29, 1.82) is 0 Å². The summed E-state index contributed by atoms with van der Waals surface area (Å²) in [6.45, 7) is 5.35. The molecule has 1 heterocycles. The molecule has 1 aromatic heterocycles. The maximum atomic E-state index is 12.4. The Morgan fingerprint density at radius 1 is 1.06 bits per heavy atom. The molecule has 0 aliphatic rings. The van der Waals surface area contributed by atoms with E-state index in [0.29, 0.717) is 23.7 Å². The number of para-hydroxylation sites is 1. The zero-order valence-corrected chi connectivity index (χ0v) is 18.6. The van der Waals surface area contributed by atoms with Gasteiger partial charge < -0.3 is 20.7 Å². The lowest BCUT2D eigenvalue weighted by molar-refractivity contribution is -0.147. The maximum Gasteiger partial charge on any atom is 0.308 e. The van der Waals surface area contributed by atoms with Crippen LogP contribution < -0.4 is 16.0 Å². The first-order chi connectivity index (χ1) is 14.8. The largest absolute Gasteiger partial charge is 0.455 e. The molecule has 0 fully saturated rings. The van der Waals surface area contributed by atoms with Crippen molar-refractivity contribution in [2.24, 2.45) is 5.92 Å². The van der Waals surface area contributed by atoms with Gasteiger partial charge in [0.2, 0.25) is 5.91 Å². The number of nitrogens with one attached hydrogen (secondary N) is 3. The fourth-order valence-corrected chi connectivity index (χ4v) is 3.48. The SMILES string of the molecule is CC(=O)NC(CC(=O)OCC(=O)Nc1ccccc1C(=O)NCC(C)C)c1cccs1. The summed E-state index contributed by atoms with van der Waals surface area (Å²) >= 11 is 1.41. The molecule has 3 N–H and O–H groups in total. The number of esters is 1. The number of anilines is 1. The number of amides is 3. The molecule has 3 amide bonds. The highest BCUT2D eigenvalue weighted by Crippen LogP contribution is 2.22. The average molecular weight is 446 g/mol. The minimum atomic E-state index is -0.620. The molecule has 2 aromatic rings. The van der Waals surface area contributed by atoms with Crippen LogP contribution in [0.5, 0.6) is 0 Å². The molecule has 1 unspecified atom stereocenters. The van der Waals surface area contributed by atoms with E-state index in [2.05, 4.69) is 16.0 Å². The van der Waals surface area contributed by atoms with Crippen LogP contribution in [0.4, 0.5) is 5.69 Å². The first-order valence-electron chi connectivity index (χ1n) is 9.89. The smallest absolute Gasteiger partial charge is 0.308 e. The normalized spacial score (nSPS) is 11.5. The number of benzene rings is 1. The van der Waals surface area contributed by atoms with Gasteiger partial charge in [0.05, 0.1) is 23.7 Å². The summed E-state index contributed by atoms with van der Waals surface area (Å²) in [5.74, 6) is -1.46. The third-order valence-corrected chi connectivity index (χ3v) is 5.10. The van der Waals surface area contributed by atoms with Crippen molar-refractivity contribution in [2.75, 3.05) is 18.5 Å². The summed E-state index contributed by atoms with van der Waals surface area (Å²) in [7, 11) is 0. The number of ether oxygens (including phenoxy) is 1. The Morgan fingerprint density at radius 2 is 1.81 bits per heavy atom. The molecule has 9 heteroatoms. The number of thiophene rings is 1. The number of rotatable bonds is 10. The molecular weight excluding hydrogens is 418 g/mol. The summed E-state index contributed by atoms with van der Waals surface area (Å²) in [5, 5.41) is 9.96. The lowest BCUT2D eigenvalue weighted by Crippen LogP contribution is -2.30. The van der Waals surface area contributed by atoms with Gasteiger partial charge in [0.15, 0.2) is 6.61 Å². The second-order valence-electron chi connectivity index (χ2n) is 7.33. The molecule has 0 bridgehead atoms. The lowest BCUT2D eigenvalue weighted by atomic mass is 10.1. The predicted molar refractivity (Wildman–Crippen MR) is 119 cm³/mol. The molecule has 31 heavy (non-hydrogen) atoms. The highest BCUT2D eigenvalue weighted by atomic mass is 32.1. The Bertz CT molecular complexity index is 912. The maximum absolute atomic E-state index is 12.4. The fraction of sp³-hybridized carbons (Fsp3) is 0.364. The topological polar surface area (TPSA) is 114 Å². The minimum Gasteiger partial charge on any atom is -0.455 e. The van der Waals surface area contributed by atoms with Gasteiger partial charge in [-0.05, 0) is 29.5 Å². The number of hydrogen-bond donors (Lipinski definition) is 3. The van der Waals surface area contributed by atoms with E-state index in [1.54, 1.807) is 24.3 Å². The van der Waals surface area contributed by atoms with Crippen molar-refractivity contribution in [3.05, 3.63) is 52.2 Å². The average Bonchev–Trinajstić information content (AvgIpc) is 3.25. The summed E-state index contributed by atoms with van der Waals surface area (Å²) < 4.78 is 5.07. The summed E-state index contributed by atoms with van der Waals surface area (Å²) in [5.41, 5.74) is 0.658. The van der Waals surface area contributed by atoms with Crippen molar-refractivity contribution >= 4 is 40.7 Å². The van der Waals surface area contributed by atoms with E-state index >= 15 is 0 Å². The van der Waals surface area contributed by atoms with Crippen LogP contribution in [-0.4, -0.2) is 36.8 Å². The van der Waals surface area contributed by atoms with Gasteiger partial charge in [-0.15, -0.1) is 11.3 Å². The Balaban J connectivity index is 1.91. The summed E-state index contributed by atoms with van der Waals surface area (Å²) in [6, 6.07) is 9.73. The van der Waals surface area contributed by atoms with Gasteiger partial charge in [-0.2, -0.15) is 0 Å². The van der Waals surface area contributed by atoms with Crippen LogP contribution in [0.3, 0.4) is 0 Å². The second kappa shape index (κ2) is 11.8. The van der Waals surface area contributed by atoms with E-state index in [1.807, 2.05) is 31.4 Å². The molecule has 166 valence electrons. The van der Waals surface area contributed by atoms with Crippen LogP contribution >= 0.6 is 11.3 Å². The first-order valence-corrected chi connectivity index (χ1v) is 10.8. The van der Waals surface area contributed by atoms with Crippen LogP contribution in [0.25, 0.3) is 0 Å². The van der Waals surface area contributed by atoms with Crippen molar-refractivity contribution in [2.45, 2.75) is 33.2 Å². The zero-order valence-electron chi connectivity index (χ0n) is 17.8. The molecule has 0 spiro atoms. The van der Waals surface area contributed by atoms with Gasteiger partial charge in [0.25, 0.3) is 11.8 Å². The number of hydrogen-bond acceptors (Lipinski definition) is 6. The van der Waals surface area contributed by atoms with Gasteiger partial charge >= 0.3 is 5.97 Å². The number of carbonyl (C=O) groups excluding carboxylic acids is 4. The van der Waals surface area contributed by atoms with Gasteiger partial charge in [0, 0.05) is 18.3 Å². The van der Waals surface area contributed by atoms with Crippen LogP contribution in [0, 0.1) is 5.92 Å². The molecule has 0 aliphatic carbocycles. The highest BCUT2D eigenvalue weighted by Gasteiger charge is 2.20. The molecule has 2 rings (SSSR count). The van der Waals surface area contributed by atoms with Gasteiger partial charge in [-0.25, -0.2) is 0 Å². The van der Waals surface area contributed by atoms with Crippen LogP contribution in [0.1, 0.15) is 48.5 Å². The van der Waals surface area contributed by atoms with Crippen LogP contribution in [-0.2, 0) is 19.1 Å². The molecule has 1 atom stereocenters. The van der Waals surface area contributed by atoms with Crippen LogP contribution in [0.15, 0.2) is 41.8 Å². The molecular formula is C22H27N3O5S. The van der Waals surface area contributed by atoms with Gasteiger partial charge in [0.1, 0.15) is 0 Å². The van der Waals surface area contributed by atoms with Crippen molar-refractivity contribution in [3.63, 3.8) is 0 Å². The monoisotopic (exact) mass is 445 g/mol. The van der Waals surface area contributed by atoms with Gasteiger partial charge in [-0.3, -0.25) is 19.2 Å². The quantitative estimate of drug-likeness (QED) is 0.487. The molecule has 0 saturated carbocycles.